The lowest BCUT2D eigenvalue weighted by molar-refractivity contribution is 0.0619. The molecule has 3 rings (SSSR count). The molecule has 0 unspecified atom stereocenters. The minimum absolute atomic E-state index is 0.0304. The lowest BCUT2D eigenvalue weighted by atomic mass is 10.2. The smallest absolute Gasteiger partial charge is 0.264 e. The molecule has 6 nitrogen and oxygen atoms in total. The van der Waals surface area contributed by atoms with Crippen molar-refractivity contribution in [2.24, 2.45) is 0 Å². The van der Waals surface area contributed by atoms with Crippen LogP contribution in [0.1, 0.15) is 25.6 Å². The number of piperazine rings is 1. The Kier molecular flexibility index (Phi) is 6.66. The number of β-amino-alcohol motifs (C(OH)–C–C–N with tert-alkyl or cyclic N) is 1. The second-order valence-electron chi connectivity index (χ2n) is 6.56. The molecule has 150 valence electrons. The number of carbonyl (C=O) groups excluding carboxylic acids is 2. The Bertz CT molecular complexity index is 881. The van der Waals surface area contributed by atoms with Crippen molar-refractivity contribution in [1.29, 1.82) is 0 Å². The lowest BCUT2D eigenvalue weighted by Gasteiger charge is -2.34. The Labute approximate surface area is 171 Å². The van der Waals surface area contributed by atoms with Crippen LogP contribution in [-0.4, -0.2) is 66.1 Å². The van der Waals surface area contributed by atoms with Gasteiger partial charge < -0.3 is 15.3 Å². The third-order valence-corrected chi connectivity index (χ3v) is 6.05. The molecule has 2 amide bonds. The van der Waals surface area contributed by atoms with Gasteiger partial charge in [0.25, 0.3) is 11.8 Å². The van der Waals surface area contributed by atoms with Gasteiger partial charge in [-0.3, -0.25) is 14.5 Å². The summed E-state index contributed by atoms with van der Waals surface area (Å²) in [5, 5.41) is 12.3. The topological polar surface area (TPSA) is 72.9 Å². The molecule has 9 heteroatoms. The van der Waals surface area contributed by atoms with Gasteiger partial charge in [0.1, 0.15) is 5.82 Å². The van der Waals surface area contributed by atoms with Crippen LogP contribution in [0.15, 0.2) is 24.3 Å². The minimum Gasteiger partial charge on any atom is -0.395 e. The van der Waals surface area contributed by atoms with E-state index in [4.69, 9.17) is 16.7 Å². The summed E-state index contributed by atoms with van der Waals surface area (Å²) in [5.74, 6) is -1.03. The number of aryl methyl sites for hydroxylation is 1. The summed E-state index contributed by atoms with van der Waals surface area (Å²) in [6, 6.07) is 5.33. The van der Waals surface area contributed by atoms with E-state index in [9.17, 15) is 14.0 Å². The fraction of sp³-hybridized carbons (Fsp3) is 0.368. The fourth-order valence-electron chi connectivity index (χ4n) is 3.07. The van der Waals surface area contributed by atoms with E-state index in [2.05, 4.69) is 10.2 Å². The minimum atomic E-state index is -0.513. The van der Waals surface area contributed by atoms with E-state index in [0.29, 0.717) is 29.5 Å². The zero-order valence-electron chi connectivity index (χ0n) is 15.4. The monoisotopic (exact) mass is 425 g/mol. The highest BCUT2D eigenvalue weighted by atomic mass is 35.5. The third-order valence-electron chi connectivity index (χ3n) is 4.60. The summed E-state index contributed by atoms with van der Waals surface area (Å²) in [4.78, 5) is 29.7. The average Bonchev–Trinajstić information content (AvgIpc) is 3.02. The summed E-state index contributed by atoms with van der Waals surface area (Å²) >= 11 is 7.15. The standard InChI is InChI=1S/C19H21ClFN3O3S/c1-12-10-16(22-18(26)14-3-2-13(21)11-15(14)20)28-17(12)19(27)24-6-4-23(5-7-24)8-9-25/h2-3,10-11,25H,4-9H2,1H3,(H,22,26). The number of thiophene rings is 1. The molecule has 0 aliphatic carbocycles. The van der Waals surface area contributed by atoms with E-state index in [1.807, 2.05) is 6.92 Å². The van der Waals surface area contributed by atoms with Crippen molar-refractivity contribution in [3.63, 3.8) is 0 Å². The van der Waals surface area contributed by atoms with Crippen LogP contribution in [0.5, 0.6) is 0 Å². The lowest BCUT2D eigenvalue weighted by Crippen LogP contribution is -2.49. The predicted octanol–water partition coefficient (Wildman–Crippen LogP) is 2.85. The number of hydrogen-bond donors (Lipinski definition) is 2. The molecule has 0 radical (unpaired) electrons. The van der Waals surface area contributed by atoms with Gasteiger partial charge in [-0.15, -0.1) is 11.3 Å². The van der Waals surface area contributed by atoms with Gasteiger partial charge >= 0.3 is 0 Å². The van der Waals surface area contributed by atoms with Crippen molar-refractivity contribution < 1.29 is 19.1 Å². The summed E-state index contributed by atoms with van der Waals surface area (Å²) in [6.45, 7) is 5.20. The molecule has 1 aliphatic rings. The first-order chi connectivity index (χ1) is 13.4. The third kappa shape index (κ3) is 4.70. The number of nitrogens with zero attached hydrogens (tertiary/aromatic N) is 2. The maximum atomic E-state index is 13.2. The van der Waals surface area contributed by atoms with E-state index < -0.39 is 11.7 Å². The molecule has 2 aromatic rings. The maximum Gasteiger partial charge on any atom is 0.264 e. The number of benzene rings is 1. The van der Waals surface area contributed by atoms with Crippen molar-refractivity contribution in [1.82, 2.24) is 9.80 Å². The largest absolute Gasteiger partial charge is 0.395 e. The first-order valence-electron chi connectivity index (χ1n) is 8.88. The summed E-state index contributed by atoms with van der Waals surface area (Å²) in [5.41, 5.74) is 0.954. The second kappa shape index (κ2) is 9.00. The van der Waals surface area contributed by atoms with Crippen molar-refractivity contribution >= 4 is 39.8 Å². The van der Waals surface area contributed by atoms with E-state index in [-0.39, 0.29) is 23.1 Å². The van der Waals surface area contributed by atoms with Gasteiger partial charge in [0, 0.05) is 32.7 Å². The maximum absolute atomic E-state index is 13.2. The zero-order valence-corrected chi connectivity index (χ0v) is 16.9. The molecule has 1 fully saturated rings. The summed E-state index contributed by atoms with van der Waals surface area (Å²) < 4.78 is 13.2. The number of hydrogen-bond acceptors (Lipinski definition) is 5. The van der Waals surface area contributed by atoms with Crippen LogP contribution in [0, 0.1) is 12.7 Å². The number of aliphatic hydroxyl groups is 1. The first kappa shape index (κ1) is 20.7. The number of anilines is 1. The van der Waals surface area contributed by atoms with Crippen LogP contribution in [0.25, 0.3) is 0 Å². The van der Waals surface area contributed by atoms with Gasteiger partial charge in [-0.05, 0) is 36.8 Å². The fourth-order valence-corrected chi connectivity index (χ4v) is 4.36. The number of nitrogens with one attached hydrogen (secondary N) is 1. The Morgan fingerprint density at radius 2 is 1.96 bits per heavy atom. The Hall–Kier alpha value is -2.00. The summed E-state index contributed by atoms with van der Waals surface area (Å²) in [7, 11) is 0. The molecule has 1 aromatic heterocycles. The molecule has 1 aromatic carbocycles. The molecule has 0 atom stereocenters. The molecular formula is C19H21ClFN3O3S. The molecule has 1 aliphatic heterocycles. The highest BCUT2D eigenvalue weighted by molar-refractivity contribution is 7.18. The number of amides is 2. The number of rotatable bonds is 5. The SMILES string of the molecule is Cc1cc(NC(=O)c2ccc(F)cc2Cl)sc1C(=O)N1CCN(CCO)CC1. The van der Waals surface area contributed by atoms with Crippen LogP contribution >= 0.6 is 22.9 Å². The zero-order chi connectivity index (χ0) is 20.3. The molecule has 1 saturated heterocycles. The van der Waals surface area contributed by atoms with Gasteiger partial charge in [0.2, 0.25) is 0 Å². The van der Waals surface area contributed by atoms with Crippen molar-refractivity contribution in [2.75, 3.05) is 44.6 Å². The molecule has 28 heavy (non-hydrogen) atoms. The van der Waals surface area contributed by atoms with Crippen molar-refractivity contribution in [3.8, 4) is 0 Å². The van der Waals surface area contributed by atoms with Crippen LogP contribution in [-0.2, 0) is 0 Å². The van der Waals surface area contributed by atoms with E-state index in [0.717, 1.165) is 24.7 Å². The quantitative estimate of drug-likeness (QED) is 0.772. The Morgan fingerprint density at radius 3 is 2.61 bits per heavy atom. The van der Waals surface area contributed by atoms with Crippen LogP contribution in [0.2, 0.25) is 5.02 Å². The predicted molar refractivity (Wildman–Crippen MR) is 108 cm³/mol. The Balaban J connectivity index is 1.67. The first-order valence-corrected chi connectivity index (χ1v) is 10.1. The number of aliphatic hydroxyl groups excluding tert-OH is 1. The van der Waals surface area contributed by atoms with Gasteiger partial charge in [0.15, 0.2) is 0 Å². The normalized spacial score (nSPS) is 14.9. The highest BCUT2D eigenvalue weighted by Gasteiger charge is 2.25. The molecule has 2 N–H and O–H groups in total. The van der Waals surface area contributed by atoms with E-state index >= 15 is 0 Å². The van der Waals surface area contributed by atoms with Crippen LogP contribution in [0.3, 0.4) is 0 Å². The molecule has 2 heterocycles. The van der Waals surface area contributed by atoms with Gasteiger partial charge in [-0.25, -0.2) is 4.39 Å². The molecule has 0 saturated carbocycles. The van der Waals surface area contributed by atoms with Gasteiger partial charge in [-0.2, -0.15) is 0 Å². The molecule has 0 spiro atoms. The van der Waals surface area contributed by atoms with Gasteiger partial charge in [-0.1, -0.05) is 11.6 Å². The van der Waals surface area contributed by atoms with Crippen molar-refractivity contribution in [2.45, 2.75) is 6.92 Å². The van der Waals surface area contributed by atoms with Crippen LogP contribution in [0.4, 0.5) is 9.39 Å². The number of halogens is 2. The van der Waals surface area contributed by atoms with E-state index in [1.165, 1.54) is 23.5 Å². The number of carbonyl (C=O) groups is 2. The van der Waals surface area contributed by atoms with Crippen molar-refractivity contribution in [3.05, 3.63) is 51.1 Å². The average molecular weight is 426 g/mol. The Morgan fingerprint density at radius 1 is 1.25 bits per heavy atom. The summed E-state index contributed by atoms with van der Waals surface area (Å²) in [6.07, 6.45) is 0. The highest BCUT2D eigenvalue weighted by Crippen LogP contribution is 2.29. The molecule has 0 bridgehead atoms. The second-order valence-corrected chi connectivity index (χ2v) is 8.02. The van der Waals surface area contributed by atoms with E-state index in [1.54, 1.807) is 11.0 Å². The molecular weight excluding hydrogens is 405 g/mol. The van der Waals surface area contributed by atoms with Crippen LogP contribution < -0.4 is 5.32 Å². The van der Waals surface area contributed by atoms with Gasteiger partial charge in [0.05, 0.1) is 27.1 Å².